The van der Waals surface area contributed by atoms with Gasteiger partial charge in [-0.2, -0.15) is 11.8 Å². The van der Waals surface area contributed by atoms with Gasteiger partial charge in [-0.15, -0.1) is 0 Å². The molecule has 11 heavy (non-hydrogen) atoms. The molecule has 0 spiro atoms. The average molecular weight is 173 g/mol. The van der Waals surface area contributed by atoms with Crippen molar-refractivity contribution in [3.05, 3.63) is 0 Å². The van der Waals surface area contributed by atoms with Gasteiger partial charge < -0.3 is 4.74 Å². The Balaban J connectivity index is 1.82. The lowest BCUT2D eigenvalue weighted by molar-refractivity contribution is -0.0662. The predicted octanol–water partition coefficient (Wildman–Crippen LogP) is 0.823. The van der Waals surface area contributed by atoms with E-state index in [-0.39, 0.29) is 0 Å². The highest BCUT2D eigenvalue weighted by molar-refractivity contribution is 7.99. The zero-order valence-corrected chi connectivity index (χ0v) is 7.77. The minimum atomic E-state index is 0.721. The second-order valence-corrected chi connectivity index (χ2v) is 4.52. The van der Waals surface area contributed by atoms with Crippen LogP contribution in [0.3, 0.4) is 0 Å². The third kappa shape index (κ3) is 1.55. The highest BCUT2D eigenvalue weighted by atomic mass is 32.2. The molecule has 2 fully saturated rings. The molecule has 0 radical (unpaired) electrons. The summed E-state index contributed by atoms with van der Waals surface area (Å²) < 4.78 is 5.17. The SMILES string of the molecule is CN(C1COC1)C1CCSC1. The molecule has 0 bridgehead atoms. The fourth-order valence-corrected chi connectivity index (χ4v) is 2.88. The Labute approximate surface area is 72.3 Å². The van der Waals surface area contributed by atoms with Gasteiger partial charge >= 0.3 is 0 Å². The van der Waals surface area contributed by atoms with Gasteiger partial charge in [-0.3, -0.25) is 4.90 Å². The first-order valence-corrected chi connectivity index (χ1v) is 5.41. The number of hydrogen-bond donors (Lipinski definition) is 0. The minimum Gasteiger partial charge on any atom is -0.378 e. The Morgan fingerprint density at radius 2 is 2.18 bits per heavy atom. The van der Waals surface area contributed by atoms with Gasteiger partial charge in [0.1, 0.15) is 0 Å². The van der Waals surface area contributed by atoms with Crippen LogP contribution in [0.25, 0.3) is 0 Å². The lowest BCUT2D eigenvalue weighted by Gasteiger charge is -2.38. The molecule has 2 aliphatic rings. The van der Waals surface area contributed by atoms with E-state index in [1.807, 2.05) is 0 Å². The van der Waals surface area contributed by atoms with Crippen LogP contribution in [0.1, 0.15) is 6.42 Å². The molecule has 0 N–H and O–H groups in total. The van der Waals surface area contributed by atoms with Gasteiger partial charge in [0.2, 0.25) is 0 Å². The summed E-state index contributed by atoms with van der Waals surface area (Å²) in [4.78, 5) is 2.50. The molecule has 0 saturated carbocycles. The fraction of sp³-hybridized carbons (Fsp3) is 1.00. The maximum absolute atomic E-state index is 5.17. The quantitative estimate of drug-likeness (QED) is 0.613. The number of likely N-dealkylation sites (N-methyl/N-ethyl adjacent to an activating group) is 1. The van der Waals surface area contributed by atoms with E-state index in [9.17, 15) is 0 Å². The normalized spacial score (nSPS) is 32.7. The Kier molecular flexibility index (Phi) is 2.39. The Bertz CT molecular complexity index is 132. The minimum absolute atomic E-state index is 0.721. The summed E-state index contributed by atoms with van der Waals surface area (Å²) in [5, 5.41) is 0. The fourth-order valence-electron chi connectivity index (χ4n) is 1.60. The van der Waals surface area contributed by atoms with Crippen LogP contribution in [-0.2, 0) is 4.74 Å². The van der Waals surface area contributed by atoms with Crippen LogP contribution < -0.4 is 0 Å². The highest BCUT2D eigenvalue weighted by Gasteiger charge is 2.30. The number of ether oxygens (including phenoxy) is 1. The van der Waals surface area contributed by atoms with Crippen LogP contribution in [-0.4, -0.2) is 48.8 Å². The van der Waals surface area contributed by atoms with Crippen molar-refractivity contribution in [2.24, 2.45) is 0 Å². The van der Waals surface area contributed by atoms with E-state index in [4.69, 9.17) is 4.74 Å². The first-order valence-electron chi connectivity index (χ1n) is 4.25. The molecule has 0 amide bonds. The van der Waals surface area contributed by atoms with E-state index in [2.05, 4.69) is 23.7 Å². The molecule has 1 unspecified atom stereocenters. The monoisotopic (exact) mass is 173 g/mol. The van der Waals surface area contributed by atoms with Gasteiger partial charge in [0, 0.05) is 11.8 Å². The lowest BCUT2D eigenvalue weighted by Crippen LogP contribution is -2.51. The van der Waals surface area contributed by atoms with Crippen LogP contribution in [0, 0.1) is 0 Å². The standard InChI is InChI=1S/C8H15NOS/c1-9(8-4-10-5-8)7-2-3-11-6-7/h7-8H,2-6H2,1H3. The summed E-state index contributed by atoms with van der Waals surface area (Å²) in [7, 11) is 2.24. The van der Waals surface area contributed by atoms with Gasteiger partial charge in [-0.05, 0) is 19.2 Å². The Morgan fingerprint density at radius 3 is 2.64 bits per heavy atom. The van der Waals surface area contributed by atoms with Crippen LogP contribution in [0.4, 0.5) is 0 Å². The van der Waals surface area contributed by atoms with Crippen molar-refractivity contribution in [3.63, 3.8) is 0 Å². The van der Waals surface area contributed by atoms with E-state index in [1.54, 1.807) is 0 Å². The van der Waals surface area contributed by atoms with Gasteiger partial charge in [-0.1, -0.05) is 0 Å². The molecule has 0 aromatic rings. The van der Waals surface area contributed by atoms with Crippen molar-refractivity contribution < 1.29 is 4.74 Å². The molecule has 0 aromatic heterocycles. The van der Waals surface area contributed by atoms with E-state index in [0.29, 0.717) is 0 Å². The van der Waals surface area contributed by atoms with Crippen LogP contribution >= 0.6 is 11.8 Å². The maximum Gasteiger partial charge on any atom is 0.0645 e. The largest absolute Gasteiger partial charge is 0.378 e. The van der Waals surface area contributed by atoms with Crippen molar-refractivity contribution in [1.29, 1.82) is 0 Å². The van der Waals surface area contributed by atoms with Crippen LogP contribution in [0.2, 0.25) is 0 Å². The number of nitrogens with zero attached hydrogens (tertiary/aromatic N) is 1. The molecule has 2 aliphatic heterocycles. The molecular weight excluding hydrogens is 158 g/mol. The summed E-state index contributed by atoms with van der Waals surface area (Å²) >= 11 is 2.08. The molecule has 0 aromatic carbocycles. The van der Waals surface area contributed by atoms with Crippen molar-refractivity contribution in [2.45, 2.75) is 18.5 Å². The molecule has 0 aliphatic carbocycles. The molecule has 2 rings (SSSR count). The summed E-state index contributed by atoms with van der Waals surface area (Å²) in [6.45, 7) is 1.91. The molecular formula is C8H15NOS. The second-order valence-electron chi connectivity index (χ2n) is 3.37. The molecule has 64 valence electrons. The van der Waals surface area contributed by atoms with Gasteiger partial charge in [-0.25, -0.2) is 0 Å². The smallest absolute Gasteiger partial charge is 0.0645 e. The summed E-state index contributed by atoms with van der Waals surface area (Å²) in [5.41, 5.74) is 0. The topological polar surface area (TPSA) is 12.5 Å². The third-order valence-corrected chi connectivity index (χ3v) is 3.82. The average Bonchev–Trinajstić information content (AvgIpc) is 2.32. The Morgan fingerprint density at radius 1 is 1.36 bits per heavy atom. The van der Waals surface area contributed by atoms with Crippen molar-refractivity contribution in [3.8, 4) is 0 Å². The van der Waals surface area contributed by atoms with E-state index in [0.717, 1.165) is 25.3 Å². The first kappa shape index (κ1) is 7.90. The maximum atomic E-state index is 5.17. The van der Waals surface area contributed by atoms with Crippen molar-refractivity contribution >= 4 is 11.8 Å². The van der Waals surface area contributed by atoms with Gasteiger partial charge in [0.25, 0.3) is 0 Å². The number of hydrogen-bond acceptors (Lipinski definition) is 3. The molecule has 1 atom stereocenters. The summed E-state index contributed by atoms with van der Waals surface area (Å²) in [6, 6.07) is 1.55. The molecule has 3 heteroatoms. The second kappa shape index (κ2) is 3.33. The van der Waals surface area contributed by atoms with Crippen molar-refractivity contribution in [1.82, 2.24) is 4.90 Å². The first-order chi connectivity index (χ1) is 5.38. The summed E-state index contributed by atoms with van der Waals surface area (Å²) in [5.74, 6) is 2.68. The van der Waals surface area contributed by atoms with Gasteiger partial charge in [0.15, 0.2) is 0 Å². The van der Waals surface area contributed by atoms with E-state index in [1.165, 1.54) is 17.9 Å². The van der Waals surface area contributed by atoms with Crippen molar-refractivity contribution in [2.75, 3.05) is 31.8 Å². The predicted molar refractivity (Wildman–Crippen MR) is 48.1 cm³/mol. The summed E-state index contributed by atoms with van der Waals surface area (Å²) in [6.07, 6.45) is 1.37. The lowest BCUT2D eigenvalue weighted by atomic mass is 10.1. The van der Waals surface area contributed by atoms with E-state index < -0.39 is 0 Å². The van der Waals surface area contributed by atoms with Gasteiger partial charge in [0.05, 0.1) is 19.3 Å². The third-order valence-electron chi connectivity index (χ3n) is 2.68. The highest BCUT2D eigenvalue weighted by Crippen LogP contribution is 2.24. The zero-order valence-electron chi connectivity index (χ0n) is 6.95. The van der Waals surface area contributed by atoms with E-state index >= 15 is 0 Å². The number of thioether (sulfide) groups is 1. The molecule has 2 saturated heterocycles. The zero-order chi connectivity index (χ0) is 7.68. The number of rotatable bonds is 2. The Hall–Kier alpha value is 0.270. The molecule has 2 heterocycles. The van der Waals surface area contributed by atoms with Crippen LogP contribution in [0.5, 0.6) is 0 Å². The van der Waals surface area contributed by atoms with Crippen LogP contribution in [0.15, 0.2) is 0 Å². The molecule has 2 nitrogen and oxygen atoms in total.